The molecule has 0 heterocycles. The first-order valence-corrected chi connectivity index (χ1v) is 5.81. The maximum Gasteiger partial charge on any atom is 0.191 e. The van der Waals surface area contributed by atoms with Crippen LogP contribution < -0.4 is 10.6 Å². The Morgan fingerprint density at radius 3 is 2.50 bits per heavy atom. The summed E-state index contributed by atoms with van der Waals surface area (Å²) in [6, 6.07) is 6.73. The van der Waals surface area contributed by atoms with E-state index in [-0.39, 0.29) is 29.8 Å². The Labute approximate surface area is 125 Å². The third kappa shape index (κ3) is 6.18. The topological polar surface area (TPSA) is 36.4 Å². The summed E-state index contributed by atoms with van der Waals surface area (Å²) >= 11 is 0. The number of nitrogens with zero attached hydrogens (tertiary/aromatic N) is 1. The van der Waals surface area contributed by atoms with E-state index < -0.39 is 0 Å². The molecule has 1 aromatic rings. The van der Waals surface area contributed by atoms with E-state index in [2.05, 4.69) is 29.5 Å². The van der Waals surface area contributed by atoms with E-state index in [1.165, 1.54) is 6.07 Å². The third-order valence-electron chi connectivity index (χ3n) is 2.31. The van der Waals surface area contributed by atoms with Crippen LogP contribution in [0.15, 0.2) is 29.3 Å². The molecule has 0 spiro atoms. The van der Waals surface area contributed by atoms with Gasteiger partial charge in [-0.2, -0.15) is 0 Å². The average molecular weight is 365 g/mol. The van der Waals surface area contributed by atoms with E-state index in [9.17, 15) is 4.39 Å². The van der Waals surface area contributed by atoms with Gasteiger partial charge in [0.1, 0.15) is 5.82 Å². The summed E-state index contributed by atoms with van der Waals surface area (Å²) in [5.74, 6) is 1.04. The summed E-state index contributed by atoms with van der Waals surface area (Å²) in [6.07, 6.45) is 0. The predicted molar refractivity (Wildman–Crippen MR) is 84.9 cm³/mol. The number of hydrogen-bond acceptors (Lipinski definition) is 1. The van der Waals surface area contributed by atoms with Crippen LogP contribution in [0.1, 0.15) is 19.4 Å². The Balaban J connectivity index is 0.00000289. The highest BCUT2D eigenvalue weighted by atomic mass is 127. The van der Waals surface area contributed by atoms with E-state index in [4.69, 9.17) is 0 Å². The molecule has 1 aromatic carbocycles. The SMILES string of the molecule is CN=C(NCc1ccccc1F)NCC(C)C.I. The van der Waals surface area contributed by atoms with Gasteiger partial charge >= 0.3 is 0 Å². The maximum atomic E-state index is 13.4. The van der Waals surface area contributed by atoms with E-state index in [1.807, 2.05) is 6.07 Å². The zero-order chi connectivity index (χ0) is 12.7. The van der Waals surface area contributed by atoms with Gasteiger partial charge in [-0.15, -0.1) is 24.0 Å². The van der Waals surface area contributed by atoms with Crippen LogP contribution in [0.25, 0.3) is 0 Å². The van der Waals surface area contributed by atoms with Crippen LogP contribution in [-0.4, -0.2) is 19.6 Å². The molecule has 0 bridgehead atoms. The fourth-order valence-corrected chi connectivity index (χ4v) is 1.34. The smallest absolute Gasteiger partial charge is 0.191 e. The minimum absolute atomic E-state index is 0. The molecule has 18 heavy (non-hydrogen) atoms. The Morgan fingerprint density at radius 1 is 1.28 bits per heavy atom. The highest BCUT2D eigenvalue weighted by Crippen LogP contribution is 2.05. The summed E-state index contributed by atoms with van der Waals surface area (Å²) in [5, 5.41) is 6.26. The number of nitrogens with one attached hydrogen (secondary N) is 2. The first kappa shape index (κ1) is 17.2. The van der Waals surface area contributed by atoms with E-state index in [0.717, 1.165) is 6.54 Å². The Morgan fingerprint density at radius 2 is 1.94 bits per heavy atom. The number of rotatable bonds is 4. The summed E-state index contributed by atoms with van der Waals surface area (Å²) in [4.78, 5) is 4.08. The molecule has 0 saturated heterocycles. The van der Waals surface area contributed by atoms with Crippen LogP contribution in [-0.2, 0) is 6.54 Å². The fourth-order valence-electron chi connectivity index (χ4n) is 1.34. The fraction of sp³-hybridized carbons (Fsp3) is 0.462. The zero-order valence-electron chi connectivity index (χ0n) is 11.0. The van der Waals surface area contributed by atoms with Gasteiger partial charge in [0.2, 0.25) is 0 Å². The second kappa shape index (κ2) is 9.13. The van der Waals surface area contributed by atoms with E-state index in [1.54, 1.807) is 19.2 Å². The van der Waals surface area contributed by atoms with Gasteiger partial charge in [0.25, 0.3) is 0 Å². The van der Waals surface area contributed by atoms with Crippen molar-refractivity contribution >= 4 is 29.9 Å². The zero-order valence-corrected chi connectivity index (χ0v) is 13.4. The van der Waals surface area contributed by atoms with Crippen LogP contribution in [0, 0.1) is 11.7 Å². The number of aliphatic imine (C=N–C) groups is 1. The maximum absolute atomic E-state index is 13.4. The minimum atomic E-state index is -0.195. The first-order valence-electron chi connectivity index (χ1n) is 5.81. The van der Waals surface area contributed by atoms with Crippen LogP contribution in [0.3, 0.4) is 0 Å². The van der Waals surface area contributed by atoms with Gasteiger partial charge in [-0.1, -0.05) is 32.0 Å². The van der Waals surface area contributed by atoms with Crippen molar-refractivity contribution in [2.45, 2.75) is 20.4 Å². The minimum Gasteiger partial charge on any atom is -0.356 e. The van der Waals surface area contributed by atoms with Gasteiger partial charge in [-0.3, -0.25) is 4.99 Å². The molecule has 0 radical (unpaired) electrons. The molecule has 0 aliphatic rings. The van der Waals surface area contributed by atoms with Gasteiger partial charge in [-0.05, 0) is 12.0 Å². The lowest BCUT2D eigenvalue weighted by atomic mass is 10.2. The summed E-state index contributed by atoms with van der Waals surface area (Å²) in [6.45, 7) is 5.52. The average Bonchev–Trinajstić information content (AvgIpc) is 2.31. The van der Waals surface area contributed by atoms with Gasteiger partial charge < -0.3 is 10.6 Å². The number of benzene rings is 1. The van der Waals surface area contributed by atoms with E-state index in [0.29, 0.717) is 24.0 Å². The Hall–Kier alpha value is -0.850. The van der Waals surface area contributed by atoms with Gasteiger partial charge in [0.15, 0.2) is 5.96 Å². The molecule has 0 unspecified atom stereocenters. The summed E-state index contributed by atoms with van der Waals surface area (Å²) in [7, 11) is 1.71. The normalized spacial score (nSPS) is 11.1. The Bertz CT molecular complexity index is 380. The highest BCUT2D eigenvalue weighted by Gasteiger charge is 2.02. The molecule has 3 nitrogen and oxygen atoms in total. The first-order chi connectivity index (χ1) is 8.13. The van der Waals surface area contributed by atoms with Crippen LogP contribution in [0.2, 0.25) is 0 Å². The molecule has 0 atom stereocenters. The highest BCUT2D eigenvalue weighted by molar-refractivity contribution is 14.0. The van der Waals surface area contributed by atoms with Crippen molar-refractivity contribution in [3.63, 3.8) is 0 Å². The van der Waals surface area contributed by atoms with Crippen LogP contribution in [0.5, 0.6) is 0 Å². The second-order valence-corrected chi connectivity index (χ2v) is 4.29. The lowest BCUT2D eigenvalue weighted by molar-refractivity contribution is 0.597. The van der Waals surface area contributed by atoms with E-state index >= 15 is 0 Å². The number of hydrogen-bond donors (Lipinski definition) is 2. The van der Waals surface area contributed by atoms with Crippen molar-refractivity contribution in [2.75, 3.05) is 13.6 Å². The van der Waals surface area contributed by atoms with Crippen LogP contribution >= 0.6 is 24.0 Å². The van der Waals surface area contributed by atoms with Crippen molar-refractivity contribution in [1.82, 2.24) is 10.6 Å². The van der Waals surface area contributed by atoms with Gasteiger partial charge in [0.05, 0.1) is 0 Å². The molecule has 2 N–H and O–H groups in total. The standard InChI is InChI=1S/C13H20FN3.HI/c1-10(2)8-16-13(15-3)17-9-11-6-4-5-7-12(11)14;/h4-7,10H,8-9H2,1-3H3,(H2,15,16,17);1H. The summed E-state index contributed by atoms with van der Waals surface area (Å²) in [5.41, 5.74) is 0.639. The molecule has 0 aliphatic carbocycles. The lowest BCUT2D eigenvalue weighted by Gasteiger charge is -2.13. The molecule has 0 aromatic heterocycles. The molecule has 102 valence electrons. The van der Waals surface area contributed by atoms with Crippen molar-refractivity contribution in [2.24, 2.45) is 10.9 Å². The number of guanidine groups is 1. The van der Waals surface area contributed by atoms with Crippen molar-refractivity contribution < 1.29 is 4.39 Å². The third-order valence-corrected chi connectivity index (χ3v) is 2.31. The van der Waals surface area contributed by atoms with Crippen molar-refractivity contribution in [3.05, 3.63) is 35.6 Å². The second-order valence-electron chi connectivity index (χ2n) is 4.29. The molecular weight excluding hydrogens is 344 g/mol. The van der Waals surface area contributed by atoms with Gasteiger partial charge in [0, 0.05) is 25.7 Å². The quantitative estimate of drug-likeness (QED) is 0.489. The lowest BCUT2D eigenvalue weighted by Crippen LogP contribution is -2.38. The van der Waals surface area contributed by atoms with Crippen LogP contribution in [0.4, 0.5) is 4.39 Å². The number of halogens is 2. The van der Waals surface area contributed by atoms with Gasteiger partial charge in [-0.25, -0.2) is 4.39 Å². The molecule has 0 aliphatic heterocycles. The van der Waals surface area contributed by atoms with Crippen molar-refractivity contribution in [3.8, 4) is 0 Å². The molecular formula is C13H21FIN3. The Kier molecular flexibility index (Phi) is 8.70. The van der Waals surface area contributed by atoms with Crippen molar-refractivity contribution in [1.29, 1.82) is 0 Å². The molecule has 0 fully saturated rings. The monoisotopic (exact) mass is 365 g/mol. The molecule has 0 saturated carbocycles. The summed E-state index contributed by atoms with van der Waals surface area (Å²) < 4.78 is 13.4. The molecule has 5 heteroatoms. The molecule has 1 rings (SSSR count). The largest absolute Gasteiger partial charge is 0.356 e. The predicted octanol–water partition coefficient (Wildman–Crippen LogP) is 2.76. The molecule has 0 amide bonds.